The lowest BCUT2D eigenvalue weighted by Gasteiger charge is -2.33. The fourth-order valence-corrected chi connectivity index (χ4v) is 6.61. The van der Waals surface area contributed by atoms with Gasteiger partial charge in [0.2, 0.25) is 11.8 Å². The summed E-state index contributed by atoms with van der Waals surface area (Å²) < 4.78 is 29.0. The Kier molecular flexibility index (Phi) is 10.1. The summed E-state index contributed by atoms with van der Waals surface area (Å²) >= 11 is 6.03. The molecule has 218 valence electrons. The number of nitrogens with one attached hydrogen (secondary N) is 1. The number of halogens is 1. The first kappa shape index (κ1) is 30.6. The molecule has 0 heterocycles. The molecule has 4 rings (SSSR count). The molecule has 1 N–H and O–H groups in total. The molecule has 0 aromatic heterocycles. The number of nitrogens with zero attached hydrogens (tertiary/aromatic N) is 2. The van der Waals surface area contributed by atoms with E-state index in [1.165, 1.54) is 29.2 Å². The average molecular weight is 596 g/mol. The van der Waals surface area contributed by atoms with Crippen LogP contribution in [0, 0.1) is 13.8 Å². The lowest BCUT2D eigenvalue weighted by atomic mass is 9.95. The van der Waals surface area contributed by atoms with Gasteiger partial charge in [0.05, 0.1) is 10.6 Å². The number of carbonyl (C=O) groups is 2. The Bertz CT molecular complexity index is 1460. The first-order valence-corrected chi connectivity index (χ1v) is 15.9. The number of anilines is 1. The van der Waals surface area contributed by atoms with Gasteiger partial charge in [0.25, 0.3) is 10.0 Å². The first-order chi connectivity index (χ1) is 19.6. The molecule has 7 nitrogen and oxygen atoms in total. The van der Waals surface area contributed by atoms with Gasteiger partial charge in [-0.25, -0.2) is 8.42 Å². The van der Waals surface area contributed by atoms with Crippen LogP contribution in [-0.4, -0.2) is 43.8 Å². The number of rotatable bonds is 10. The molecule has 2 amide bonds. The molecule has 41 heavy (non-hydrogen) atoms. The van der Waals surface area contributed by atoms with E-state index in [1.54, 1.807) is 19.1 Å². The van der Waals surface area contributed by atoms with Crippen LogP contribution in [0.4, 0.5) is 5.69 Å². The maximum Gasteiger partial charge on any atom is 0.264 e. The smallest absolute Gasteiger partial charge is 0.264 e. The molecule has 3 aromatic carbocycles. The molecule has 3 aromatic rings. The fourth-order valence-electron chi connectivity index (χ4n) is 5.07. The second-order valence-electron chi connectivity index (χ2n) is 10.8. The Morgan fingerprint density at radius 3 is 2.22 bits per heavy atom. The van der Waals surface area contributed by atoms with Crippen molar-refractivity contribution in [2.75, 3.05) is 10.8 Å². The number of sulfonamides is 1. The van der Waals surface area contributed by atoms with Crippen LogP contribution >= 0.6 is 11.6 Å². The molecule has 1 saturated carbocycles. The van der Waals surface area contributed by atoms with E-state index < -0.39 is 28.5 Å². The standard InChI is InChI=1S/C32H38ClN3O4S/c1-23-14-17-29(20-24(23)2)36(41(39,40)30-18-15-27(33)16-19-30)22-31(37)35(21-26-10-6-4-7-11-26)25(3)32(38)34-28-12-8-5-9-13-28/h4,6-7,10-11,14-20,25,28H,5,8-9,12-13,21-22H2,1-3H3,(H,34,38). The highest BCUT2D eigenvalue weighted by molar-refractivity contribution is 7.92. The van der Waals surface area contributed by atoms with Crippen molar-refractivity contribution in [3.63, 3.8) is 0 Å². The van der Waals surface area contributed by atoms with Gasteiger partial charge < -0.3 is 10.2 Å². The summed E-state index contributed by atoms with van der Waals surface area (Å²) in [5, 5.41) is 3.53. The average Bonchev–Trinajstić information content (AvgIpc) is 2.97. The van der Waals surface area contributed by atoms with Crippen molar-refractivity contribution in [1.29, 1.82) is 0 Å². The second-order valence-corrected chi connectivity index (χ2v) is 13.1. The molecule has 9 heteroatoms. The third-order valence-electron chi connectivity index (χ3n) is 7.77. The van der Waals surface area contributed by atoms with Crippen molar-refractivity contribution in [2.24, 2.45) is 0 Å². The predicted molar refractivity (Wildman–Crippen MR) is 163 cm³/mol. The van der Waals surface area contributed by atoms with Crippen molar-refractivity contribution >= 4 is 39.1 Å². The molecular formula is C32H38ClN3O4S. The number of hydrogen-bond acceptors (Lipinski definition) is 4. The zero-order valence-corrected chi connectivity index (χ0v) is 25.4. The molecule has 0 radical (unpaired) electrons. The molecule has 0 spiro atoms. The van der Waals surface area contributed by atoms with E-state index >= 15 is 0 Å². The lowest BCUT2D eigenvalue weighted by molar-refractivity contribution is -0.139. The minimum atomic E-state index is -4.14. The van der Waals surface area contributed by atoms with Gasteiger partial charge in [0.1, 0.15) is 12.6 Å². The summed E-state index contributed by atoms with van der Waals surface area (Å²) in [6.45, 7) is 5.23. The van der Waals surface area contributed by atoms with Crippen molar-refractivity contribution in [3.05, 3.63) is 94.5 Å². The molecule has 1 aliphatic carbocycles. The quantitative estimate of drug-likeness (QED) is 0.311. The molecule has 0 bridgehead atoms. The van der Waals surface area contributed by atoms with E-state index in [2.05, 4.69) is 5.32 Å². The predicted octanol–water partition coefficient (Wildman–Crippen LogP) is 6.02. The van der Waals surface area contributed by atoms with Crippen molar-refractivity contribution in [2.45, 2.75) is 76.4 Å². The van der Waals surface area contributed by atoms with Gasteiger partial charge >= 0.3 is 0 Å². The lowest BCUT2D eigenvalue weighted by Crippen LogP contribution is -2.53. The Balaban J connectivity index is 1.68. The summed E-state index contributed by atoms with van der Waals surface area (Å²) in [7, 11) is -4.14. The van der Waals surface area contributed by atoms with Gasteiger partial charge in [-0.2, -0.15) is 0 Å². The molecule has 1 unspecified atom stereocenters. The highest BCUT2D eigenvalue weighted by Gasteiger charge is 2.33. The molecule has 1 fully saturated rings. The normalized spacial score (nSPS) is 14.7. The van der Waals surface area contributed by atoms with Crippen LogP contribution in [0.1, 0.15) is 55.7 Å². The number of carbonyl (C=O) groups excluding carboxylic acids is 2. The highest BCUT2D eigenvalue weighted by atomic mass is 35.5. The monoisotopic (exact) mass is 595 g/mol. The first-order valence-electron chi connectivity index (χ1n) is 14.1. The third-order valence-corrected chi connectivity index (χ3v) is 9.81. The summed E-state index contributed by atoms with van der Waals surface area (Å²) in [6.07, 6.45) is 5.14. The van der Waals surface area contributed by atoms with Crippen molar-refractivity contribution < 1.29 is 18.0 Å². The number of hydrogen-bond donors (Lipinski definition) is 1. The van der Waals surface area contributed by atoms with Crippen LogP contribution in [-0.2, 0) is 26.2 Å². The Morgan fingerprint density at radius 1 is 0.927 bits per heavy atom. The molecule has 0 aliphatic heterocycles. The summed E-state index contributed by atoms with van der Waals surface area (Å²) in [5.41, 5.74) is 3.11. The molecular weight excluding hydrogens is 558 g/mol. The van der Waals surface area contributed by atoms with Gasteiger partial charge in [-0.15, -0.1) is 0 Å². The molecule has 1 aliphatic rings. The van der Waals surface area contributed by atoms with Crippen LogP contribution in [0.25, 0.3) is 0 Å². The van der Waals surface area contributed by atoms with Crippen LogP contribution in [0.3, 0.4) is 0 Å². The minimum absolute atomic E-state index is 0.0191. The van der Waals surface area contributed by atoms with Gasteiger partial charge in [-0.1, -0.05) is 67.3 Å². The van der Waals surface area contributed by atoms with Gasteiger partial charge in [-0.3, -0.25) is 13.9 Å². The van der Waals surface area contributed by atoms with Crippen LogP contribution in [0.2, 0.25) is 5.02 Å². The fraction of sp³-hybridized carbons (Fsp3) is 0.375. The Morgan fingerprint density at radius 2 is 1.59 bits per heavy atom. The van der Waals surface area contributed by atoms with E-state index in [-0.39, 0.29) is 23.4 Å². The van der Waals surface area contributed by atoms with Crippen molar-refractivity contribution in [3.8, 4) is 0 Å². The number of benzene rings is 3. The van der Waals surface area contributed by atoms with Crippen molar-refractivity contribution in [1.82, 2.24) is 10.2 Å². The SMILES string of the molecule is Cc1ccc(N(CC(=O)N(Cc2ccccc2)C(C)C(=O)NC2CCCCC2)S(=O)(=O)c2ccc(Cl)cc2)cc1C. The molecule has 0 saturated heterocycles. The molecule has 1 atom stereocenters. The summed E-state index contributed by atoms with van der Waals surface area (Å²) in [4.78, 5) is 28.9. The number of aryl methyl sites for hydroxylation is 2. The second kappa shape index (κ2) is 13.5. The van der Waals surface area contributed by atoms with E-state index in [0.29, 0.717) is 10.7 Å². The summed E-state index contributed by atoms with van der Waals surface area (Å²) in [5.74, 6) is -0.713. The summed E-state index contributed by atoms with van der Waals surface area (Å²) in [6, 6.07) is 19.9. The third kappa shape index (κ3) is 7.68. The van der Waals surface area contributed by atoms with Crippen LogP contribution in [0.15, 0.2) is 77.7 Å². The maximum absolute atomic E-state index is 14.1. The van der Waals surface area contributed by atoms with E-state index in [1.807, 2.05) is 50.2 Å². The largest absolute Gasteiger partial charge is 0.352 e. The minimum Gasteiger partial charge on any atom is -0.352 e. The number of amides is 2. The van der Waals surface area contributed by atoms with E-state index in [9.17, 15) is 18.0 Å². The van der Waals surface area contributed by atoms with E-state index in [0.717, 1.165) is 53.1 Å². The van der Waals surface area contributed by atoms with Crippen LogP contribution < -0.4 is 9.62 Å². The van der Waals surface area contributed by atoms with Gasteiger partial charge in [0, 0.05) is 17.6 Å². The van der Waals surface area contributed by atoms with Crippen LogP contribution in [0.5, 0.6) is 0 Å². The van der Waals surface area contributed by atoms with Gasteiger partial charge in [-0.05, 0) is 86.7 Å². The zero-order valence-electron chi connectivity index (χ0n) is 23.8. The zero-order chi connectivity index (χ0) is 29.6. The maximum atomic E-state index is 14.1. The highest BCUT2D eigenvalue weighted by Crippen LogP contribution is 2.27. The van der Waals surface area contributed by atoms with Gasteiger partial charge in [0.15, 0.2) is 0 Å². The Hall–Kier alpha value is -3.36. The topological polar surface area (TPSA) is 86.8 Å². The van der Waals surface area contributed by atoms with E-state index in [4.69, 9.17) is 11.6 Å². The Labute approximate surface area is 248 Å².